The third-order valence-electron chi connectivity index (χ3n) is 1.06. The zero-order chi connectivity index (χ0) is 5.44. The van der Waals surface area contributed by atoms with Gasteiger partial charge in [0.15, 0.2) is 0 Å². The highest BCUT2D eigenvalue weighted by Gasteiger charge is 2.52. The van der Waals surface area contributed by atoms with E-state index < -0.39 is 18.3 Å². The highest BCUT2D eigenvalue weighted by Crippen LogP contribution is 2.35. The molecule has 0 saturated heterocycles. The highest BCUT2D eigenvalue weighted by atomic mass is 19.2. The molecule has 1 aliphatic carbocycles. The van der Waals surface area contributed by atoms with Crippen molar-refractivity contribution in [2.45, 2.75) is 12.3 Å². The Kier molecular flexibility index (Phi) is 0.836. The fourth-order valence-electron chi connectivity index (χ4n) is 0.410. The van der Waals surface area contributed by atoms with Gasteiger partial charge in [-0.2, -0.15) is 0 Å². The minimum atomic E-state index is -1.50. The van der Waals surface area contributed by atoms with Crippen molar-refractivity contribution in [3.8, 4) is 0 Å². The molecule has 7 heavy (non-hydrogen) atoms. The van der Waals surface area contributed by atoms with Crippen molar-refractivity contribution in [1.29, 1.82) is 0 Å². The summed E-state index contributed by atoms with van der Waals surface area (Å²) < 4.78 is 23.1. The molecule has 0 aromatic heterocycles. The molecule has 1 rings (SSSR count). The largest absolute Gasteiger partial charge is 0.303 e. The molecule has 1 fully saturated rings. The van der Waals surface area contributed by atoms with Crippen LogP contribution in [0.5, 0.6) is 0 Å². The Morgan fingerprint density at radius 2 is 1.71 bits per heavy atom. The lowest BCUT2D eigenvalue weighted by atomic mass is 10.5. The van der Waals surface area contributed by atoms with Crippen LogP contribution in [0.15, 0.2) is 0 Å². The molecule has 2 atom stereocenters. The summed E-state index contributed by atoms with van der Waals surface area (Å²) in [6.45, 7) is 0. The van der Waals surface area contributed by atoms with E-state index >= 15 is 0 Å². The lowest BCUT2D eigenvalue weighted by molar-refractivity contribution is -0.109. The van der Waals surface area contributed by atoms with Gasteiger partial charge in [-0.3, -0.25) is 0 Å². The van der Waals surface area contributed by atoms with Crippen molar-refractivity contribution in [3.05, 3.63) is 0 Å². The first-order valence-electron chi connectivity index (χ1n) is 2.01. The molecular formula is C4H4F2O. The van der Waals surface area contributed by atoms with Gasteiger partial charge < -0.3 is 4.79 Å². The molecule has 1 nitrogen and oxygen atoms in total. The third kappa shape index (κ3) is 0.518. The summed E-state index contributed by atoms with van der Waals surface area (Å²) in [6, 6.07) is 0. The summed E-state index contributed by atoms with van der Waals surface area (Å²) in [4.78, 5) is 9.51. The molecule has 0 radical (unpaired) electrons. The molecule has 3 heteroatoms. The van der Waals surface area contributed by atoms with Gasteiger partial charge in [-0.15, -0.1) is 0 Å². The van der Waals surface area contributed by atoms with E-state index in [1.165, 1.54) is 0 Å². The predicted octanol–water partition coefficient (Wildman–Crippen LogP) is 0.491. The van der Waals surface area contributed by atoms with Crippen LogP contribution in [0, 0.1) is 5.92 Å². The van der Waals surface area contributed by atoms with E-state index in [4.69, 9.17) is 0 Å². The fraction of sp³-hybridized carbons (Fsp3) is 0.750. The molecule has 2 unspecified atom stereocenters. The summed E-state index contributed by atoms with van der Waals surface area (Å²) in [6.07, 6.45) is -2.69. The number of hydrogen-bond acceptors (Lipinski definition) is 1. The predicted molar refractivity (Wildman–Crippen MR) is 19.3 cm³/mol. The molecule has 40 valence electrons. The number of aldehydes is 1. The van der Waals surface area contributed by atoms with Crippen LogP contribution in [-0.4, -0.2) is 18.6 Å². The summed E-state index contributed by atoms with van der Waals surface area (Å²) >= 11 is 0. The SMILES string of the molecule is O=CC1C(F)C1F. The minimum absolute atomic E-state index is 0.315. The molecule has 0 spiro atoms. The summed E-state index contributed by atoms with van der Waals surface area (Å²) in [5.41, 5.74) is 0. The second-order valence-corrected chi connectivity index (χ2v) is 1.60. The van der Waals surface area contributed by atoms with Gasteiger partial charge in [0.2, 0.25) is 0 Å². The molecule has 0 N–H and O–H groups in total. The van der Waals surface area contributed by atoms with Crippen LogP contribution in [-0.2, 0) is 4.79 Å². The molecule has 0 aromatic carbocycles. The van der Waals surface area contributed by atoms with Crippen LogP contribution in [0.4, 0.5) is 8.78 Å². The van der Waals surface area contributed by atoms with Crippen LogP contribution >= 0.6 is 0 Å². The monoisotopic (exact) mass is 106 g/mol. The lowest BCUT2D eigenvalue weighted by Gasteiger charge is -1.62. The van der Waals surface area contributed by atoms with Gasteiger partial charge in [0, 0.05) is 0 Å². The zero-order valence-electron chi connectivity index (χ0n) is 3.47. The van der Waals surface area contributed by atoms with Crippen molar-refractivity contribution >= 4 is 6.29 Å². The highest BCUT2D eigenvalue weighted by molar-refractivity contribution is 5.61. The van der Waals surface area contributed by atoms with Gasteiger partial charge in [-0.25, -0.2) is 8.78 Å². The van der Waals surface area contributed by atoms with Crippen molar-refractivity contribution in [1.82, 2.24) is 0 Å². The summed E-state index contributed by atoms with van der Waals surface area (Å²) in [5, 5.41) is 0. The molecule has 1 saturated carbocycles. The molecule has 0 amide bonds. The van der Waals surface area contributed by atoms with E-state index in [9.17, 15) is 13.6 Å². The molecule has 0 heterocycles. The van der Waals surface area contributed by atoms with E-state index in [0.29, 0.717) is 6.29 Å². The maximum atomic E-state index is 11.6. The third-order valence-corrected chi connectivity index (χ3v) is 1.06. The first-order valence-corrected chi connectivity index (χ1v) is 2.01. The van der Waals surface area contributed by atoms with Gasteiger partial charge >= 0.3 is 0 Å². The average Bonchev–Trinajstić information content (AvgIpc) is 2.17. The Morgan fingerprint density at radius 3 is 1.71 bits per heavy atom. The maximum absolute atomic E-state index is 11.6. The molecule has 1 aliphatic rings. The maximum Gasteiger partial charge on any atom is 0.144 e. The topological polar surface area (TPSA) is 17.1 Å². The number of halogens is 2. The summed E-state index contributed by atoms with van der Waals surface area (Å²) in [5.74, 6) is -0.944. The number of carbonyl (C=O) groups is 1. The van der Waals surface area contributed by atoms with Crippen molar-refractivity contribution in [2.75, 3.05) is 0 Å². The van der Waals surface area contributed by atoms with Gasteiger partial charge in [0.25, 0.3) is 0 Å². The Labute approximate surface area is 39.3 Å². The van der Waals surface area contributed by atoms with E-state index in [1.807, 2.05) is 0 Å². The van der Waals surface area contributed by atoms with E-state index in [0.717, 1.165) is 0 Å². The van der Waals surface area contributed by atoms with Crippen LogP contribution in [0.1, 0.15) is 0 Å². The summed E-state index contributed by atoms with van der Waals surface area (Å²) in [7, 11) is 0. The smallest absolute Gasteiger partial charge is 0.144 e. The van der Waals surface area contributed by atoms with Crippen molar-refractivity contribution < 1.29 is 13.6 Å². The molecule has 0 aromatic rings. The molecule has 0 bridgehead atoms. The van der Waals surface area contributed by atoms with Crippen LogP contribution in [0.2, 0.25) is 0 Å². The van der Waals surface area contributed by atoms with E-state index in [1.54, 1.807) is 0 Å². The van der Waals surface area contributed by atoms with Crippen LogP contribution < -0.4 is 0 Å². The zero-order valence-corrected chi connectivity index (χ0v) is 3.47. The second-order valence-electron chi connectivity index (χ2n) is 1.60. The number of rotatable bonds is 1. The van der Waals surface area contributed by atoms with Gasteiger partial charge in [-0.1, -0.05) is 0 Å². The Bertz CT molecular complexity index is 85.7. The second kappa shape index (κ2) is 1.25. The molecule has 0 aliphatic heterocycles. The van der Waals surface area contributed by atoms with Crippen molar-refractivity contribution in [3.63, 3.8) is 0 Å². The fourth-order valence-corrected chi connectivity index (χ4v) is 0.410. The van der Waals surface area contributed by atoms with Crippen LogP contribution in [0.25, 0.3) is 0 Å². The number of alkyl halides is 2. The lowest BCUT2D eigenvalue weighted by Crippen LogP contribution is -1.78. The number of hydrogen-bond donors (Lipinski definition) is 0. The first kappa shape index (κ1) is 4.68. The first-order chi connectivity index (χ1) is 3.27. The quantitative estimate of drug-likeness (QED) is 0.444. The molecular weight excluding hydrogens is 102 g/mol. The Morgan fingerprint density at radius 1 is 1.29 bits per heavy atom. The Hall–Kier alpha value is -0.470. The van der Waals surface area contributed by atoms with Crippen molar-refractivity contribution in [2.24, 2.45) is 5.92 Å². The minimum Gasteiger partial charge on any atom is -0.303 e. The normalized spacial score (nSPS) is 48.6. The van der Waals surface area contributed by atoms with Gasteiger partial charge in [0.1, 0.15) is 18.6 Å². The van der Waals surface area contributed by atoms with Gasteiger partial charge in [-0.05, 0) is 0 Å². The van der Waals surface area contributed by atoms with Gasteiger partial charge in [0.05, 0.1) is 5.92 Å². The Balaban J connectivity index is 2.37. The van der Waals surface area contributed by atoms with E-state index in [2.05, 4.69) is 0 Å². The average molecular weight is 106 g/mol. The standard InChI is InChI=1S/C4H4F2O/c5-3-2(1-7)4(3)6/h1-4H. The van der Waals surface area contributed by atoms with E-state index in [-0.39, 0.29) is 0 Å². The van der Waals surface area contributed by atoms with Crippen LogP contribution in [0.3, 0.4) is 0 Å². The number of carbonyl (C=O) groups excluding carboxylic acids is 1.